The summed E-state index contributed by atoms with van der Waals surface area (Å²) in [6.45, 7) is 6.22. The third-order valence-corrected chi connectivity index (χ3v) is 3.48. The van der Waals surface area contributed by atoms with Crippen LogP contribution in [0.5, 0.6) is 0 Å². The zero-order chi connectivity index (χ0) is 12.6. The van der Waals surface area contributed by atoms with Crippen LogP contribution in [0.4, 0.5) is 0 Å². The lowest BCUT2D eigenvalue weighted by Crippen LogP contribution is -2.16. The van der Waals surface area contributed by atoms with E-state index in [0.717, 1.165) is 10.2 Å². The highest BCUT2D eigenvalue weighted by molar-refractivity contribution is 9.10. The fraction of sp³-hybridized carbons (Fsp3) is 0.364. The summed E-state index contributed by atoms with van der Waals surface area (Å²) >= 11 is 9.53. The van der Waals surface area contributed by atoms with E-state index in [0.29, 0.717) is 16.8 Å². The standard InChI is InChI=1S/C11H12BrClN4/c1-11(2,3)7-6(12)8(13)17-10(16-7)9-14-4-5-15-9/h4-5H,1-3H3,(H,14,15). The van der Waals surface area contributed by atoms with Crippen LogP contribution in [-0.2, 0) is 5.41 Å². The summed E-state index contributed by atoms with van der Waals surface area (Å²) in [6, 6.07) is 0. The number of hydrogen-bond acceptors (Lipinski definition) is 3. The van der Waals surface area contributed by atoms with Gasteiger partial charge in [-0.1, -0.05) is 32.4 Å². The minimum atomic E-state index is -0.118. The molecule has 2 aromatic rings. The smallest absolute Gasteiger partial charge is 0.197 e. The molecule has 0 aromatic carbocycles. The number of halogens is 2. The number of nitrogens with one attached hydrogen (secondary N) is 1. The maximum atomic E-state index is 6.10. The molecule has 90 valence electrons. The fourth-order valence-corrected chi connectivity index (χ4v) is 2.35. The number of aromatic amines is 1. The van der Waals surface area contributed by atoms with Gasteiger partial charge in [0.25, 0.3) is 0 Å². The van der Waals surface area contributed by atoms with Gasteiger partial charge in [-0.2, -0.15) is 0 Å². The largest absolute Gasteiger partial charge is 0.342 e. The summed E-state index contributed by atoms with van der Waals surface area (Å²) in [7, 11) is 0. The van der Waals surface area contributed by atoms with Crippen LogP contribution in [-0.4, -0.2) is 19.9 Å². The monoisotopic (exact) mass is 314 g/mol. The summed E-state index contributed by atoms with van der Waals surface area (Å²) in [5, 5.41) is 0.399. The molecule has 0 atom stereocenters. The molecule has 0 fully saturated rings. The van der Waals surface area contributed by atoms with Gasteiger partial charge in [0.1, 0.15) is 5.15 Å². The van der Waals surface area contributed by atoms with Crippen molar-refractivity contribution in [3.8, 4) is 11.6 Å². The molecule has 1 N–H and O–H groups in total. The van der Waals surface area contributed by atoms with Crippen molar-refractivity contribution in [2.24, 2.45) is 0 Å². The van der Waals surface area contributed by atoms with E-state index < -0.39 is 0 Å². The quantitative estimate of drug-likeness (QED) is 0.818. The van der Waals surface area contributed by atoms with E-state index >= 15 is 0 Å². The first-order valence-electron chi connectivity index (χ1n) is 5.13. The molecule has 0 aliphatic carbocycles. The minimum absolute atomic E-state index is 0.118. The number of imidazole rings is 1. The summed E-state index contributed by atoms with van der Waals surface area (Å²) in [5.74, 6) is 1.12. The molecular formula is C11H12BrClN4. The molecule has 17 heavy (non-hydrogen) atoms. The molecule has 0 saturated carbocycles. The van der Waals surface area contributed by atoms with Gasteiger partial charge in [-0.25, -0.2) is 15.0 Å². The summed E-state index contributed by atoms with van der Waals surface area (Å²) in [4.78, 5) is 15.8. The van der Waals surface area contributed by atoms with Crippen LogP contribution in [0.2, 0.25) is 5.15 Å². The maximum Gasteiger partial charge on any atom is 0.197 e. The van der Waals surface area contributed by atoms with Gasteiger partial charge >= 0.3 is 0 Å². The Hall–Kier alpha value is -0.940. The first kappa shape index (κ1) is 12.5. The lowest BCUT2D eigenvalue weighted by Gasteiger charge is -2.20. The Kier molecular flexibility index (Phi) is 3.23. The highest BCUT2D eigenvalue weighted by Gasteiger charge is 2.23. The Labute approximate surface area is 113 Å². The van der Waals surface area contributed by atoms with Crippen LogP contribution in [0.3, 0.4) is 0 Å². The first-order valence-corrected chi connectivity index (χ1v) is 6.30. The number of aromatic nitrogens is 4. The predicted octanol–water partition coefficient (Wildman–Crippen LogP) is 3.58. The van der Waals surface area contributed by atoms with Crippen molar-refractivity contribution in [2.75, 3.05) is 0 Å². The van der Waals surface area contributed by atoms with Gasteiger partial charge in [0, 0.05) is 17.8 Å². The van der Waals surface area contributed by atoms with Crippen molar-refractivity contribution >= 4 is 27.5 Å². The van der Waals surface area contributed by atoms with Crippen LogP contribution in [0.1, 0.15) is 26.5 Å². The van der Waals surface area contributed by atoms with Crippen LogP contribution < -0.4 is 0 Å². The first-order chi connectivity index (χ1) is 7.89. The Morgan fingerprint density at radius 3 is 2.53 bits per heavy atom. The molecule has 0 bridgehead atoms. The Bertz CT molecular complexity index is 531. The summed E-state index contributed by atoms with van der Waals surface area (Å²) in [6.07, 6.45) is 3.39. The van der Waals surface area contributed by atoms with Crippen molar-refractivity contribution < 1.29 is 0 Å². The molecule has 0 amide bonds. The highest BCUT2D eigenvalue weighted by Crippen LogP contribution is 2.33. The van der Waals surface area contributed by atoms with E-state index in [-0.39, 0.29) is 5.41 Å². The average Bonchev–Trinajstić information content (AvgIpc) is 2.73. The maximum absolute atomic E-state index is 6.10. The minimum Gasteiger partial charge on any atom is -0.342 e. The molecule has 0 spiro atoms. The predicted molar refractivity (Wildman–Crippen MR) is 71.0 cm³/mol. The molecule has 0 aliphatic heterocycles. The normalized spacial score (nSPS) is 11.8. The molecule has 0 unspecified atom stereocenters. The van der Waals surface area contributed by atoms with E-state index in [1.165, 1.54) is 0 Å². The number of nitrogens with zero attached hydrogens (tertiary/aromatic N) is 3. The second kappa shape index (κ2) is 4.38. The van der Waals surface area contributed by atoms with E-state index in [4.69, 9.17) is 11.6 Å². The van der Waals surface area contributed by atoms with Crippen molar-refractivity contribution in [2.45, 2.75) is 26.2 Å². The molecule has 0 aliphatic rings. The summed E-state index contributed by atoms with van der Waals surface area (Å²) in [5.41, 5.74) is 0.746. The van der Waals surface area contributed by atoms with E-state index in [9.17, 15) is 0 Å². The summed E-state index contributed by atoms with van der Waals surface area (Å²) < 4.78 is 0.738. The Morgan fingerprint density at radius 1 is 1.29 bits per heavy atom. The second-order valence-corrected chi connectivity index (χ2v) is 5.84. The zero-order valence-electron chi connectivity index (χ0n) is 9.75. The Balaban J connectivity index is 2.62. The van der Waals surface area contributed by atoms with Crippen LogP contribution >= 0.6 is 27.5 Å². The second-order valence-electron chi connectivity index (χ2n) is 4.69. The lowest BCUT2D eigenvalue weighted by atomic mass is 9.92. The van der Waals surface area contributed by atoms with Gasteiger partial charge in [0.15, 0.2) is 11.6 Å². The van der Waals surface area contributed by atoms with Gasteiger partial charge in [-0.15, -0.1) is 0 Å². The van der Waals surface area contributed by atoms with Crippen LogP contribution in [0.15, 0.2) is 16.9 Å². The average molecular weight is 316 g/mol. The molecule has 0 radical (unpaired) electrons. The lowest BCUT2D eigenvalue weighted by molar-refractivity contribution is 0.564. The van der Waals surface area contributed by atoms with Crippen LogP contribution in [0.25, 0.3) is 11.6 Å². The van der Waals surface area contributed by atoms with Gasteiger partial charge in [-0.3, -0.25) is 0 Å². The molecule has 4 nitrogen and oxygen atoms in total. The van der Waals surface area contributed by atoms with E-state index in [1.54, 1.807) is 12.4 Å². The molecule has 0 saturated heterocycles. The third-order valence-electron chi connectivity index (χ3n) is 2.23. The van der Waals surface area contributed by atoms with Crippen molar-refractivity contribution in [1.29, 1.82) is 0 Å². The van der Waals surface area contributed by atoms with Gasteiger partial charge in [0.05, 0.1) is 10.2 Å². The number of H-pyrrole nitrogens is 1. The molecule has 2 rings (SSSR count). The van der Waals surface area contributed by atoms with Crippen molar-refractivity contribution in [1.82, 2.24) is 19.9 Å². The molecule has 2 aromatic heterocycles. The van der Waals surface area contributed by atoms with Gasteiger partial charge in [-0.05, 0) is 15.9 Å². The topological polar surface area (TPSA) is 54.5 Å². The Morgan fingerprint density at radius 2 is 2.00 bits per heavy atom. The van der Waals surface area contributed by atoms with Gasteiger partial charge in [0.2, 0.25) is 0 Å². The van der Waals surface area contributed by atoms with E-state index in [2.05, 4.69) is 56.6 Å². The number of rotatable bonds is 1. The van der Waals surface area contributed by atoms with E-state index in [1.807, 2.05) is 0 Å². The number of hydrogen-bond donors (Lipinski definition) is 1. The third kappa shape index (κ3) is 2.50. The molecular weight excluding hydrogens is 304 g/mol. The molecule has 6 heteroatoms. The van der Waals surface area contributed by atoms with Crippen molar-refractivity contribution in [3.63, 3.8) is 0 Å². The van der Waals surface area contributed by atoms with Crippen molar-refractivity contribution in [3.05, 3.63) is 27.7 Å². The fourth-order valence-electron chi connectivity index (χ4n) is 1.41. The van der Waals surface area contributed by atoms with Crippen LogP contribution in [0, 0.1) is 0 Å². The SMILES string of the molecule is CC(C)(C)c1nc(-c2ncc[nH]2)nc(Cl)c1Br. The molecule has 2 heterocycles. The highest BCUT2D eigenvalue weighted by atomic mass is 79.9. The zero-order valence-corrected chi connectivity index (χ0v) is 12.1. The van der Waals surface area contributed by atoms with Gasteiger partial charge < -0.3 is 4.98 Å².